The van der Waals surface area contributed by atoms with Gasteiger partial charge in [-0.25, -0.2) is 14.2 Å². The van der Waals surface area contributed by atoms with E-state index in [0.717, 1.165) is 19.4 Å². The predicted octanol–water partition coefficient (Wildman–Crippen LogP) is 2.79. The van der Waals surface area contributed by atoms with Gasteiger partial charge in [0.05, 0.1) is 12.1 Å². The molecule has 2 aromatic rings. The Hall–Kier alpha value is -2.22. The molecule has 2 N–H and O–H groups in total. The summed E-state index contributed by atoms with van der Waals surface area (Å²) < 4.78 is 19.9. The van der Waals surface area contributed by atoms with Gasteiger partial charge in [0.2, 0.25) is 5.95 Å². The molecule has 0 radical (unpaired) electrons. The minimum absolute atomic E-state index is 0.0761. The summed E-state index contributed by atoms with van der Waals surface area (Å²) in [5.74, 6) is -0.373. The van der Waals surface area contributed by atoms with E-state index in [-0.39, 0.29) is 17.6 Å². The summed E-state index contributed by atoms with van der Waals surface area (Å²) in [6, 6.07) is 5.95. The molecule has 6 nitrogen and oxygen atoms in total. The lowest BCUT2D eigenvalue weighted by Gasteiger charge is -2.33. The van der Waals surface area contributed by atoms with Gasteiger partial charge in [-0.3, -0.25) is 0 Å². The molecule has 3 rings (SSSR count). The number of carbonyl (C=O) groups is 1. The molecule has 126 valence electrons. The lowest BCUT2D eigenvalue weighted by atomic mass is 10.1. The summed E-state index contributed by atoms with van der Waals surface area (Å²) >= 11 is 3.23. The van der Waals surface area contributed by atoms with Crippen molar-refractivity contribution in [2.24, 2.45) is 0 Å². The molecule has 0 aliphatic carbocycles. The zero-order valence-electron chi connectivity index (χ0n) is 12.8. The normalized spacial score (nSPS) is 17.6. The van der Waals surface area contributed by atoms with Crippen LogP contribution >= 0.6 is 15.9 Å². The molecule has 1 aromatic heterocycles. The summed E-state index contributed by atoms with van der Waals surface area (Å²) in [5, 5.41) is 0. The highest BCUT2D eigenvalue weighted by Gasteiger charge is 2.25. The molecule has 0 spiro atoms. The van der Waals surface area contributed by atoms with Crippen LogP contribution in [0.1, 0.15) is 23.2 Å². The Kier molecular flexibility index (Phi) is 4.94. The molecule has 8 heteroatoms. The number of halogens is 2. The van der Waals surface area contributed by atoms with E-state index < -0.39 is 11.8 Å². The molecule has 1 fully saturated rings. The van der Waals surface area contributed by atoms with Crippen LogP contribution in [0, 0.1) is 5.82 Å². The van der Waals surface area contributed by atoms with Crippen LogP contribution in [0.15, 0.2) is 34.9 Å². The molecule has 1 aliphatic rings. The lowest BCUT2D eigenvalue weighted by molar-refractivity contribution is 0.0264. The molecule has 1 saturated heterocycles. The average molecular weight is 395 g/mol. The number of aromatic nitrogens is 2. The number of nitrogen functional groups attached to an aromatic ring is 1. The topological polar surface area (TPSA) is 81.3 Å². The Morgan fingerprint density at radius 3 is 3.04 bits per heavy atom. The number of benzene rings is 1. The van der Waals surface area contributed by atoms with Crippen molar-refractivity contribution < 1.29 is 13.9 Å². The lowest BCUT2D eigenvalue weighted by Crippen LogP contribution is -2.41. The van der Waals surface area contributed by atoms with Crippen LogP contribution in [0.25, 0.3) is 0 Å². The second-order valence-corrected chi connectivity index (χ2v) is 6.43. The van der Waals surface area contributed by atoms with Crippen LogP contribution in [0.3, 0.4) is 0 Å². The number of hydrogen-bond acceptors (Lipinski definition) is 6. The van der Waals surface area contributed by atoms with Crippen molar-refractivity contribution in [3.8, 4) is 0 Å². The van der Waals surface area contributed by atoms with Crippen LogP contribution < -0.4 is 10.6 Å². The first-order chi connectivity index (χ1) is 11.5. The maximum atomic E-state index is 13.8. The minimum Gasteiger partial charge on any atom is -0.457 e. The molecule has 24 heavy (non-hydrogen) atoms. The molecule has 0 saturated carbocycles. The Morgan fingerprint density at radius 1 is 1.42 bits per heavy atom. The monoisotopic (exact) mass is 394 g/mol. The van der Waals surface area contributed by atoms with E-state index in [1.54, 1.807) is 12.3 Å². The van der Waals surface area contributed by atoms with E-state index >= 15 is 0 Å². The number of rotatable bonds is 3. The van der Waals surface area contributed by atoms with E-state index in [0.29, 0.717) is 16.8 Å². The first kappa shape index (κ1) is 16.6. The number of anilines is 2. The molecule has 1 aromatic carbocycles. The standard InChI is InChI=1S/C16H16BrFN4O2/c17-10-3-4-13(18)12(8-10)15(23)24-11-2-1-7-22(9-11)14-5-6-20-16(19)21-14/h3-6,8,11H,1-2,7,9H2,(H2,19,20,21). The first-order valence-electron chi connectivity index (χ1n) is 7.52. The third kappa shape index (κ3) is 3.81. The fraction of sp³-hybridized carbons (Fsp3) is 0.312. The first-order valence-corrected chi connectivity index (χ1v) is 8.32. The van der Waals surface area contributed by atoms with Crippen molar-refractivity contribution in [1.29, 1.82) is 0 Å². The van der Waals surface area contributed by atoms with Gasteiger partial charge in [-0.15, -0.1) is 0 Å². The summed E-state index contributed by atoms with van der Waals surface area (Å²) in [7, 11) is 0. The Morgan fingerprint density at radius 2 is 2.25 bits per heavy atom. The predicted molar refractivity (Wildman–Crippen MR) is 91.2 cm³/mol. The number of carbonyl (C=O) groups excluding carboxylic acids is 1. The van der Waals surface area contributed by atoms with Crippen LogP contribution in [0.5, 0.6) is 0 Å². The fourth-order valence-electron chi connectivity index (χ4n) is 2.65. The van der Waals surface area contributed by atoms with Gasteiger partial charge in [0.15, 0.2) is 0 Å². The highest BCUT2D eigenvalue weighted by atomic mass is 79.9. The van der Waals surface area contributed by atoms with Crippen molar-refractivity contribution in [2.45, 2.75) is 18.9 Å². The summed E-state index contributed by atoms with van der Waals surface area (Å²) in [5.41, 5.74) is 5.53. The zero-order chi connectivity index (χ0) is 17.1. The van der Waals surface area contributed by atoms with E-state index in [4.69, 9.17) is 10.5 Å². The summed E-state index contributed by atoms with van der Waals surface area (Å²) in [4.78, 5) is 22.3. The smallest absolute Gasteiger partial charge is 0.341 e. The van der Waals surface area contributed by atoms with Crippen molar-refractivity contribution in [1.82, 2.24) is 9.97 Å². The number of esters is 1. The van der Waals surface area contributed by atoms with E-state index in [1.165, 1.54) is 18.2 Å². The van der Waals surface area contributed by atoms with Crippen molar-refractivity contribution in [3.05, 3.63) is 46.3 Å². The van der Waals surface area contributed by atoms with E-state index in [9.17, 15) is 9.18 Å². The molecular formula is C16H16BrFN4O2. The van der Waals surface area contributed by atoms with Gasteiger partial charge in [-0.1, -0.05) is 15.9 Å². The SMILES string of the molecule is Nc1nccc(N2CCCC(OC(=O)c3cc(Br)ccc3F)C2)n1. The maximum Gasteiger partial charge on any atom is 0.341 e. The maximum absolute atomic E-state index is 13.8. The Labute approximate surface area is 147 Å². The Bertz CT molecular complexity index is 759. The average Bonchev–Trinajstić information content (AvgIpc) is 2.57. The molecule has 2 heterocycles. The molecular weight excluding hydrogens is 379 g/mol. The van der Waals surface area contributed by atoms with Gasteiger partial charge < -0.3 is 15.4 Å². The van der Waals surface area contributed by atoms with Gasteiger partial charge in [0.1, 0.15) is 17.7 Å². The zero-order valence-corrected chi connectivity index (χ0v) is 14.4. The quantitative estimate of drug-likeness (QED) is 0.806. The molecule has 1 aliphatic heterocycles. The number of piperidine rings is 1. The summed E-state index contributed by atoms with van der Waals surface area (Å²) in [6.45, 7) is 1.27. The molecule has 1 atom stereocenters. The van der Waals surface area contributed by atoms with Gasteiger partial charge >= 0.3 is 5.97 Å². The van der Waals surface area contributed by atoms with Gasteiger partial charge in [0.25, 0.3) is 0 Å². The van der Waals surface area contributed by atoms with Crippen LogP contribution in [-0.4, -0.2) is 35.1 Å². The summed E-state index contributed by atoms with van der Waals surface area (Å²) in [6.07, 6.45) is 2.81. The van der Waals surface area contributed by atoms with E-state index in [2.05, 4.69) is 25.9 Å². The largest absolute Gasteiger partial charge is 0.457 e. The van der Waals surface area contributed by atoms with Crippen molar-refractivity contribution in [2.75, 3.05) is 23.7 Å². The molecule has 0 amide bonds. The number of ether oxygens (including phenoxy) is 1. The number of nitrogens with zero attached hydrogens (tertiary/aromatic N) is 3. The number of hydrogen-bond donors (Lipinski definition) is 1. The molecule has 1 unspecified atom stereocenters. The van der Waals surface area contributed by atoms with E-state index in [1.807, 2.05) is 4.90 Å². The Balaban J connectivity index is 1.69. The van der Waals surface area contributed by atoms with Gasteiger partial charge in [-0.05, 0) is 37.1 Å². The third-order valence-corrected chi connectivity index (χ3v) is 4.28. The second-order valence-electron chi connectivity index (χ2n) is 5.51. The second kappa shape index (κ2) is 7.12. The van der Waals surface area contributed by atoms with Crippen LogP contribution in [0.2, 0.25) is 0 Å². The van der Waals surface area contributed by atoms with Gasteiger partial charge in [-0.2, -0.15) is 4.98 Å². The van der Waals surface area contributed by atoms with Crippen LogP contribution in [-0.2, 0) is 4.74 Å². The molecule has 0 bridgehead atoms. The van der Waals surface area contributed by atoms with Crippen molar-refractivity contribution >= 4 is 33.7 Å². The fourth-order valence-corrected chi connectivity index (χ4v) is 3.01. The highest BCUT2D eigenvalue weighted by Crippen LogP contribution is 2.22. The van der Waals surface area contributed by atoms with Crippen molar-refractivity contribution in [3.63, 3.8) is 0 Å². The highest BCUT2D eigenvalue weighted by molar-refractivity contribution is 9.10. The van der Waals surface area contributed by atoms with Gasteiger partial charge in [0, 0.05) is 17.2 Å². The van der Waals surface area contributed by atoms with Crippen LogP contribution in [0.4, 0.5) is 16.2 Å². The number of nitrogens with two attached hydrogens (primary N) is 1. The third-order valence-electron chi connectivity index (χ3n) is 3.78. The minimum atomic E-state index is -0.664.